The minimum atomic E-state index is -0.946. The fourth-order valence-corrected chi connectivity index (χ4v) is 3.84. The zero-order valence-electron chi connectivity index (χ0n) is 12.0. The Balaban J connectivity index is 2.98. The second kappa shape index (κ2) is 4.27. The van der Waals surface area contributed by atoms with Gasteiger partial charge in [-0.15, -0.1) is 0 Å². The predicted molar refractivity (Wildman–Crippen MR) is 67.5 cm³/mol. The number of hydrogen-bond acceptors (Lipinski definition) is 3. The maximum Gasteiger partial charge on any atom is 0.311 e. The van der Waals surface area contributed by atoms with Crippen LogP contribution in [0, 0.1) is 16.7 Å². The topological polar surface area (TPSA) is 46.5 Å². The summed E-state index contributed by atoms with van der Waals surface area (Å²) in [6.45, 7) is 10.4. The van der Waals surface area contributed by atoms with Crippen LogP contribution in [-0.4, -0.2) is 23.8 Å². The Labute approximate surface area is 105 Å². The minimum Gasteiger partial charge on any atom is -0.469 e. The lowest BCUT2D eigenvalue weighted by Gasteiger charge is -2.51. The summed E-state index contributed by atoms with van der Waals surface area (Å²) in [6, 6.07) is 0. The van der Waals surface area contributed by atoms with Crippen LogP contribution in [0.3, 0.4) is 0 Å². The molecule has 1 rings (SSSR count). The van der Waals surface area contributed by atoms with Crippen LogP contribution in [0.4, 0.5) is 0 Å². The molecular weight excluding hydrogens is 216 g/mol. The fraction of sp³-hybridized carbons (Fsp3) is 0.929. The standard InChI is InChI=1S/C14H26O3/c1-10(11(15)17-6)14(16)8-12(2,3)7-13(4,5)9-14/h10,16H,7-9H2,1-6H3. The van der Waals surface area contributed by atoms with Crippen molar-refractivity contribution in [3.63, 3.8) is 0 Å². The molecule has 0 aliphatic heterocycles. The first kappa shape index (κ1) is 14.5. The molecule has 17 heavy (non-hydrogen) atoms. The van der Waals surface area contributed by atoms with Gasteiger partial charge in [-0.1, -0.05) is 27.7 Å². The van der Waals surface area contributed by atoms with Crippen LogP contribution in [0.15, 0.2) is 0 Å². The number of ether oxygens (including phenoxy) is 1. The summed E-state index contributed by atoms with van der Waals surface area (Å²) in [6.07, 6.45) is 2.37. The van der Waals surface area contributed by atoms with Crippen LogP contribution in [0.5, 0.6) is 0 Å². The predicted octanol–water partition coefficient (Wildman–Crippen LogP) is 2.76. The Bertz CT molecular complexity index is 289. The van der Waals surface area contributed by atoms with E-state index in [9.17, 15) is 9.90 Å². The van der Waals surface area contributed by atoms with Crippen molar-refractivity contribution in [3.05, 3.63) is 0 Å². The summed E-state index contributed by atoms with van der Waals surface area (Å²) in [7, 11) is 1.38. The summed E-state index contributed by atoms with van der Waals surface area (Å²) in [5.41, 5.74) is -0.837. The lowest BCUT2D eigenvalue weighted by Crippen LogP contribution is -2.52. The van der Waals surface area contributed by atoms with E-state index in [1.807, 2.05) is 0 Å². The number of esters is 1. The molecule has 1 unspecified atom stereocenters. The molecule has 0 heterocycles. The first-order valence-electron chi connectivity index (χ1n) is 6.32. The molecule has 0 radical (unpaired) electrons. The molecule has 1 aliphatic rings. The van der Waals surface area contributed by atoms with E-state index in [1.165, 1.54) is 7.11 Å². The summed E-state index contributed by atoms with van der Waals surface area (Å²) in [4.78, 5) is 11.7. The Morgan fingerprint density at radius 1 is 1.12 bits per heavy atom. The molecule has 1 N–H and O–H groups in total. The summed E-state index contributed by atoms with van der Waals surface area (Å²) >= 11 is 0. The van der Waals surface area contributed by atoms with Gasteiger partial charge in [0.05, 0.1) is 18.6 Å². The lowest BCUT2D eigenvalue weighted by atomic mass is 9.57. The highest BCUT2D eigenvalue weighted by Gasteiger charge is 2.51. The van der Waals surface area contributed by atoms with Crippen LogP contribution in [0.25, 0.3) is 0 Å². The second-order valence-electron chi connectivity index (χ2n) is 7.21. The average Bonchev–Trinajstić information content (AvgIpc) is 2.09. The van der Waals surface area contributed by atoms with Crippen molar-refractivity contribution in [1.82, 2.24) is 0 Å². The monoisotopic (exact) mass is 242 g/mol. The van der Waals surface area contributed by atoms with Crippen LogP contribution in [-0.2, 0) is 9.53 Å². The van der Waals surface area contributed by atoms with E-state index >= 15 is 0 Å². The highest BCUT2D eigenvalue weighted by atomic mass is 16.5. The molecule has 0 saturated heterocycles. The highest BCUT2D eigenvalue weighted by Crippen LogP contribution is 2.52. The lowest BCUT2D eigenvalue weighted by molar-refractivity contribution is -0.167. The SMILES string of the molecule is COC(=O)C(C)C1(O)CC(C)(C)CC(C)(C)C1. The molecule has 3 nitrogen and oxygen atoms in total. The number of hydrogen-bond donors (Lipinski definition) is 1. The normalized spacial score (nSPS) is 27.2. The molecule has 0 aromatic rings. The number of aliphatic hydroxyl groups is 1. The van der Waals surface area contributed by atoms with Gasteiger partial charge in [-0.05, 0) is 37.0 Å². The molecule has 0 spiro atoms. The third-order valence-corrected chi connectivity index (χ3v) is 3.89. The van der Waals surface area contributed by atoms with E-state index in [4.69, 9.17) is 4.74 Å². The Hall–Kier alpha value is -0.570. The molecule has 100 valence electrons. The van der Waals surface area contributed by atoms with Gasteiger partial charge in [0.15, 0.2) is 0 Å². The van der Waals surface area contributed by atoms with E-state index in [0.29, 0.717) is 12.8 Å². The van der Waals surface area contributed by atoms with Gasteiger partial charge in [0.1, 0.15) is 0 Å². The zero-order valence-corrected chi connectivity index (χ0v) is 12.0. The fourth-order valence-electron chi connectivity index (χ4n) is 3.84. The summed E-state index contributed by atoms with van der Waals surface area (Å²) in [5.74, 6) is -0.785. The molecule has 3 heteroatoms. The van der Waals surface area contributed by atoms with Crippen molar-refractivity contribution in [2.24, 2.45) is 16.7 Å². The largest absolute Gasteiger partial charge is 0.469 e. The molecule has 0 aromatic heterocycles. The van der Waals surface area contributed by atoms with Gasteiger partial charge in [0, 0.05) is 0 Å². The Morgan fingerprint density at radius 3 is 1.88 bits per heavy atom. The molecule has 1 saturated carbocycles. The molecule has 0 aromatic carbocycles. The quantitative estimate of drug-likeness (QED) is 0.757. The van der Waals surface area contributed by atoms with Crippen LogP contribution >= 0.6 is 0 Å². The average molecular weight is 242 g/mol. The first-order valence-corrected chi connectivity index (χ1v) is 6.32. The molecule has 0 bridgehead atoms. The molecule has 1 atom stereocenters. The van der Waals surface area contributed by atoms with Crippen molar-refractivity contribution < 1.29 is 14.6 Å². The first-order chi connectivity index (χ1) is 7.51. The number of carbonyl (C=O) groups excluding carboxylic acids is 1. The van der Waals surface area contributed by atoms with Gasteiger partial charge >= 0.3 is 5.97 Å². The second-order valence-corrected chi connectivity index (χ2v) is 7.21. The third kappa shape index (κ3) is 3.21. The summed E-state index contributed by atoms with van der Waals surface area (Å²) in [5, 5.41) is 10.8. The van der Waals surface area contributed by atoms with Crippen molar-refractivity contribution in [1.29, 1.82) is 0 Å². The van der Waals surface area contributed by atoms with E-state index in [0.717, 1.165) is 6.42 Å². The van der Waals surface area contributed by atoms with Crippen molar-refractivity contribution in [2.75, 3.05) is 7.11 Å². The van der Waals surface area contributed by atoms with E-state index < -0.39 is 11.5 Å². The van der Waals surface area contributed by atoms with Crippen LogP contribution in [0.2, 0.25) is 0 Å². The van der Waals surface area contributed by atoms with Gasteiger partial charge < -0.3 is 9.84 Å². The van der Waals surface area contributed by atoms with Gasteiger partial charge in [-0.3, -0.25) is 4.79 Å². The smallest absolute Gasteiger partial charge is 0.311 e. The van der Waals surface area contributed by atoms with E-state index in [1.54, 1.807) is 6.92 Å². The van der Waals surface area contributed by atoms with Crippen LogP contribution in [0.1, 0.15) is 53.9 Å². The molecular formula is C14H26O3. The molecule has 0 amide bonds. The maximum absolute atomic E-state index is 11.7. The van der Waals surface area contributed by atoms with Crippen molar-refractivity contribution >= 4 is 5.97 Å². The maximum atomic E-state index is 11.7. The van der Waals surface area contributed by atoms with Crippen molar-refractivity contribution in [3.8, 4) is 0 Å². The Morgan fingerprint density at radius 2 is 1.53 bits per heavy atom. The van der Waals surface area contributed by atoms with Gasteiger partial charge in [0.25, 0.3) is 0 Å². The van der Waals surface area contributed by atoms with Gasteiger partial charge in [-0.25, -0.2) is 0 Å². The van der Waals surface area contributed by atoms with Gasteiger partial charge in [-0.2, -0.15) is 0 Å². The third-order valence-electron chi connectivity index (χ3n) is 3.89. The summed E-state index contributed by atoms with van der Waals surface area (Å²) < 4.78 is 4.77. The van der Waals surface area contributed by atoms with Crippen LogP contribution < -0.4 is 0 Å². The van der Waals surface area contributed by atoms with Gasteiger partial charge in [0.2, 0.25) is 0 Å². The minimum absolute atomic E-state index is 0.0543. The van der Waals surface area contributed by atoms with E-state index in [2.05, 4.69) is 27.7 Å². The Kier molecular flexibility index (Phi) is 3.64. The number of methoxy groups -OCH3 is 1. The zero-order chi connectivity index (χ0) is 13.5. The van der Waals surface area contributed by atoms with E-state index in [-0.39, 0.29) is 16.8 Å². The highest BCUT2D eigenvalue weighted by molar-refractivity contribution is 5.73. The molecule has 1 fully saturated rings. The molecule has 1 aliphatic carbocycles. The van der Waals surface area contributed by atoms with Crippen molar-refractivity contribution in [2.45, 2.75) is 59.5 Å². The number of carbonyl (C=O) groups is 1. The number of rotatable bonds is 2.